The molecule has 3 fully saturated rings. The summed E-state index contributed by atoms with van der Waals surface area (Å²) in [6.07, 6.45) is 4.44. The van der Waals surface area contributed by atoms with Crippen LogP contribution in [0.2, 0.25) is 0 Å². The molecule has 2 aliphatic heterocycles. The van der Waals surface area contributed by atoms with Gasteiger partial charge in [-0.1, -0.05) is 6.42 Å². The molecule has 0 unspecified atom stereocenters. The normalized spacial score (nSPS) is 25.3. The zero-order valence-corrected chi connectivity index (χ0v) is 16.2. The van der Waals surface area contributed by atoms with E-state index in [2.05, 4.69) is 16.3 Å². The molecule has 1 N–H and O–H groups in total. The molecule has 2 saturated heterocycles. The lowest BCUT2D eigenvalue weighted by atomic mass is 9.81. The molecule has 8 nitrogen and oxygen atoms in total. The fourth-order valence-electron chi connectivity index (χ4n) is 4.07. The molecule has 150 valence electrons. The Balaban J connectivity index is 1.72. The van der Waals surface area contributed by atoms with Crippen molar-refractivity contribution < 1.29 is 19.1 Å². The first-order valence-corrected chi connectivity index (χ1v) is 9.97. The van der Waals surface area contributed by atoms with Crippen molar-refractivity contribution in [3.05, 3.63) is 0 Å². The van der Waals surface area contributed by atoms with Crippen molar-refractivity contribution >= 4 is 12.0 Å². The van der Waals surface area contributed by atoms with Gasteiger partial charge in [0.15, 0.2) is 5.60 Å². The van der Waals surface area contributed by atoms with Gasteiger partial charge in [0.2, 0.25) is 0 Å². The van der Waals surface area contributed by atoms with Crippen molar-refractivity contribution in [3.8, 4) is 6.07 Å². The van der Waals surface area contributed by atoms with Crippen LogP contribution in [0, 0.1) is 11.3 Å². The van der Waals surface area contributed by atoms with Crippen LogP contribution < -0.4 is 5.32 Å². The minimum Gasteiger partial charge on any atom is -0.433 e. The lowest BCUT2D eigenvalue weighted by Gasteiger charge is -2.41. The van der Waals surface area contributed by atoms with Gasteiger partial charge in [0.05, 0.1) is 19.3 Å². The van der Waals surface area contributed by atoms with E-state index >= 15 is 0 Å². The Morgan fingerprint density at radius 1 is 1.04 bits per heavy atom. The first kappa shape index (κ1) is 19.9. The van der Waals surface area contributed by atoms with Crippen LogP contribution in [0.4, 0.5) is 4.79 Å². The van der Waals surface area contributed by atoms with Crippen molar-refractivity contribution in [2.75, 3.05) is 46.4 Å². The van der Waals surface area contributed by atoms with E-state index in [1.54, 1.807) is 4.90 Å². The average Bonchev–Trinajstić information content (AvgIpc) is 2.71. The summed E-state index contributed by atoms with van der Waals surface area (Å²) >= 11 is 0. The standard InChI is InChI=1S/C19H30N4O4/c1-22-9-7-18(15-20,8-10-22)21-16(24)19(5-3-2-4-6-19)27-17(25)23-11-13-26-14-12-23/h2-14H2,1H3,(H,21,24). The third-order valence-electron chi connectivity index (χ3n) is 6.03. The van der Waals surface area contributed by atoms with Crippen LogP contribution in [-0.2, 0) is 14.3 Å². The van der Waals surface area contributed by atoms with Crippen molar-refractivity contribution in [2.24, 2.45) is 0 Å². The number of nitrogens with one attached hydrogen (secondary N) is 1. The number of morpholine rings is 1. The molecule has 8 heteroatoms. The fraction of sp³-hybridized carbons (Fsp3) is 0.842. The molecular weight excluding hydrogens is 348 g/mol. The van der Waals surface area contributed by atoms with E-state index < -0.39 is 17.2 Å². The molecular formula is C19H30N4O4. The summed E-state index contributed by atoms with van der Waals surface area (Å²) in [6, 6.07) is 2.32. The van der Waals surface area contributed by atoms with Crippen molar-refractivity contribution in [1.82, 2.24) is 15.1 Å². The molecule has 0 radical (unpaired) electrons. The highest BCUT2D eigenvalue weighted by Gasteiger charge is 2.48. The number of carbonyl (C=O) groups excluding carboxylic acids is 2. The van der Waals surface area contributed by atoms with Crippen LogP contribution in [0.25, 0.3) is 0 Å². The fourth-order valence-corrected chi connectivity index (χ4v) is 4.07. The highest BCUT2D eigenvalue weighted by Crippen LogP contribution is 2.34. The molecule has 2 heterocycles. The zero-order valence-electron chi connectivity index (χ0n) is 16.2. The maximum absolute atomic E-state index is 13.3. The predicted molar refractivity (Wildman–Crippen MR) is 97.9 cm³/mol. The molecule has 1 aliphatic carbocycles. The third-order valence-corrected chi connectivity index (χ3v) is 6.03. The Kier molecular flexibility index (Phi) is 6.22. The lowest BCUT2D eigenvalue weighted by molar-refractivity contribution is -0.147. The number of carbonyl (C=O) groups is 2. The van der Waals surface area contributed by atoms with E-state index in [4.69, 9.17) is 9.47 Å². The average molecular weight is 378 g/mol. The summed E-state index contributed by atoms with van der Waals surface area (Å²) < 4.78 is 11.1. The van der Waals surface area contributed by atoms with E-state index in [9.17, 15) is 14.9 Å². The molecule has 0 aromatic heterocycles. The molecule has 0 aromatic carbocycles. The van der Waals surface area contributed by atoms with Crippen LogP contribution in [0.5, 0.6) is 0 Å². The molecule has 2 amide bonds. The van der Waals surface area contributed by atoms with E-state index in [1.165, 1.54) is 0 Å². The molecule has 3 aliphatic rings. The van der Waals surface area contributed by atoms with Crippen LogP contribution in [0.3, 0.4) is 0 Å². The highest BCUT2D eigenvalue weighted by molar-refractivity contribution is 5.88. The molecule has 3 rings (SSSR count). The Labute approximate surface area is 160 Å². The zero-order chi connectivity index (χ0) is 19.3. The number of nitriles is 1. The predicted octanol–water partition coefficient (Wildman–Crippen LogP) is 1.26. The first-order chi connectivity index (χ1) is 13.0. The van der Waals surface area contributed by atoms with Gasteiger partial charge in [-0.3, -0.25) is 4.79 Å². The van der Waals surface area contributed by atoms with Gasteiger partial charge in [-0.25, -0.2) is 4.79 Å². The molecule has 1 saturated carbocycles. The Morgan fingerprint density at radius 3 is 2.26 bits per heavy atom. The number of piperidine rings is 1. The van der Waals surface area contributed by atoms with Crippen molar-refractivity contribution in [1.29, 1.82) is 5.26 Å². The summed E-state index contributed by atoms with van der Waals surface area (Å²) in [7, 11) is 2.01. The molecule has 0 aromatic rings. The first-order valence-electron chi connectivity index (χ1n) is 9.97. The number of likely N-dealkylation sites (tertiary alicyclic amines) is 1. The van der Waals surface area contributed by atoms with Crippen molar-refractivity contribution in [2.45, 2.75) is 56.1 Å². The van der Waals surface area contributed by atoms with Gasteiger partial charge in [-0.15, -0.1) is 0 Å². The number of hydrogen-bond donors (Lipinski definition) is 1. The maximum atomic E-state index is 13.3. The van der Waals surface area contributed by atoms with Crippen LogP contribution in [-0.4, -0.2) is 79.4 Å². The Bertz CT molecular complexity index is 583. The number of hydrogen-bond acceptors (Lipinski definition) is 6. The minimum absolute atomic E-state index is 0.310. The third kappa shape index (κ3) is 4.53. The SMILES string of the molecule is CN1CCC(C#N)(NC(=O)C2(OC(=O)N3CCOCC3)CCCCC2)CC1. The van der Waals surface area contributed by atoms with Crippen LogP contribution >= 0.6 is 0 Å². The van der Waals surface area contributed by atoms with E-state index in [-0.39, 0.29) is 5.91 Å². The maximum Gasteiger partial charge on any atom is 0.410 e. The van der Waals surface area contributed by atoms with Gasteiger partial charge >= 0.3 is 6.09 Å². The number of amides is 2. The van der Waals surface area contributed by atoms with Gasteiger partial charge in [-0.05, 0) is 45.6 Å². The van der Waals surface area contributed by atoms with Crippen molar-refractivity contribution in [3.63, 3.8) is 0 Å². The smallest absolute Gasteiger partial charge is 0.410 e. The quantitative estimate of drug-likeness (QED) is 0.794. The molecule has 0 bridgehead atoms. The monoisotopic (exact) mass is 378 g/mol. The summed E-state index contributed by atoms with van der Waals surface area (Å²) in [5.41, 5.74) is -2.04. The second kappa shape index (κ2) is 8.44. The number of nitrogens with zero attached hydrogens (tertiary/aromatic N) is 3. The minimum atomic E-state index is -1.17. The van der Waals surface area contributed by atoms with Crippen LogP contribution in [0.15, 0.2) is 0 Å². The molecule has 27 heavy (non-hydrogen) atoms. The summed E-state index contributed by atoms with van der Waals surface area (Å²) in [4.78, 5) is 29.7. The number of rotatable bonds is 3. The molecule has 0 atom stereocenters. The number of ether oxygens (including phenoxy) is 2. The van der Waals surface area contributed by atoms with Crippen LogP contribution in [0.1, 0.15) is 44.9 Å². The summed E-state index contributed by atoms with van der Waals surface area (Å²) in [5, 5.41) is 12.7. The lowest BCUT2D eigenvalue weighted by Crippen LogP contribution is -2.61. The van der Waals surface area contributed by atoms with Gasteiger partial charge in [-0.2, -0.15) is 5.26 Å². The van der Waals surface area contributed by atoms with E-state index in [0.717, 1.165) is 32.4 Å². The summed E-state index contributed by atoms with van der Waals surface area (Å²) in [5.74, 6) is -0.310. The Hall–Kier alpha value is -1.85. The van der Waals surface area contributed by atoms with Gasteiger partial charge in [0.1, 0.15) is 5.54 Å². The second-order valence-corrected chi connectivity index (χ2v) is 7.97. The van der Waals surface area contributed by atoms with E-state index in [1.807, 2.05) is 7.05 Å². The van der Waals surface area contributed by atoms with E-state index in [0.29, 0.717) is 52.0 Å². The Morgan fingerprint density at radius 2 is 1.67 bits per heavy atom. The second-order valence-electron chi connectivity index (χ2n) is 7.97. The summed E-state index contributed by atoms with van der Waals surface area (Å²) in [6.45, 7) is 3.44. The molecule has 0 spiro atoms. The van der Waals surface area contributed by atoms with Gasteiger partial charge < -0.3 is 24.6 Å². The largest absolute Gasteiger partial charge is 0.433 e. The van der Waals surface area contributed by atoms with Gasteiger partial charge in [0.25, 0.3) is 5.91 Å². The highest BCUT2D eigenvalue weighted by atomic mass is 16.6. The van der Waals surface area contributed by atoms with Gasteiger partial charge in [0, 0.05) is 26.2 Å². The topological polar surface area (TPSA) is 94.9 Å².